The van der Waals surface area contributed by atoms with Gasteiger partial charge in [0.2, 0.25) is 0 Å². The molecule has 0 saturated heterocycles. The van der Waals surface area contributed by atoms with Crippen molar-refractivity contribution in [2.45, 2.75) is 25.8 Å². The number of benzene rings is 1. The molecule has 2 aromatic heterocycles. The molecule has 108 valence electrons. The van der Waals surface area contributed by atoms with Crippen LogP contribution in [0.2, 0.25) is 0 Å². The summed E-state index contributed by atoms with van der Waals surface area (Å²) in [6, 6.07) is 8.62. The number of aryl methyl sites for hydroxylation is 1. The van der Waals surface area contributed by atoms with Crippen LogP contribution in [0.25, 0.3) is 11.0 Å². The van der Waals surface area contributed by atoms with Gasteiger partial charge in [0.05, 0.1) is 29.2 Å². The van der Waals surface area contributed by atoms with Crippen LogP contribution < -0.4 is 0 Å². The number of alkyl halides is 1. The van der Waals surface area contributed by atoms with Crippen molar-refractivity contribution in [3.05, 3.63) is 59.4 Å². The van der Waals surface area contributed by atoms with Gasteiger partial charge in [-0.1, -0.05) is 13.0 Å². The van der Waals surface area contributed by atoms with Crippen molar-refractivity contribution in [2.75, 3.05) is 0 Å². The van der Waals surface area contributed by atoms with Gasteiger partial charge in [-0.3, -0.25) is 4.98 Å². The number of pyridine rings is 1. The van der Waals surface area contributed by atoms with Gasteiger partial charge in [0.1, 0.15) is 11.6 Å². The fourth-order valence-corrected chi connectivity index (χ4v) is 2.72. The van der Waals surface area contributed by atoms with E-state index in [0.29, 0.717) is 12.1 Å². The molecule has 0 amide bonds. The van der Waals surface area contributed by atoms with Gasteiger partial charge in [-0.15, -0.1) is 11.6 Å². The summed E-state index contributed by atoms with van der Waals surface area (Å²) < 4.78 is 15.3. The maximum atomic E-state index is 13.3. The minimum atomic E-state index is -0.291. The van der Waals surface area contributed by atoms with Gasteiger partial charge in [0.15, 0.2) is 0 Å². The molecule has 0 aliphatic heterocycles. The maximum absolute atomic E-state index is 13.3. The highest BCUT2D eigenvalue weighted by atomic mass is 35.5. The Kier molecular flexibility index (Phi) is 3.88. The lowest BCUT2D eigenvalue weighted by Crippen LogP contribution is -2.07. The molecule has 21 heavy (non-hydrogen) atoms. The van der Waals surface area contributed by atoms with Crippen LogP contribution in [-0.2, 0) is 18.8 Å². The first-order valence-corrected chi connectivity index (χ1v) is 7.39. The molecule has 0 unspecified atom stereocenters. The summed E-state index contributed by atoms with van der Waals surface area (Å²) in [5, 5.41) is 0. The molecule has 5 heteroatoms. The number of hydrogen-bond acceptors (Lipinski definition) is 2. The number of rotatable bonds is 4. The van der Waals surface area contributed by atoms with Crippen molar-refractivity contribution < 1.29 is 4.39 Å². The highest BCUT2D eigenvalue weighted by molar-refractivity contribution is 6.16. The Hall–Kier alpha value is -1.94. The molecule has 1 aromatic carbocycles. The van der Waals surface area contributed by atoms with Crippen molar-refractivity contribution in [1.82, 2.24) is 14.5 Å². The number of nitrogens with zero attached hydrogens (tertiary/aromatic N) is 3. The Morgan fingerprint density at radius 1 is 1.29 bits per heavy atom. The summed E-state index contributed by atoms with van der Waals surface area (Å²) in [4.78, 5) is 8.87. The molecule has 0 N–H and O–H groups in total. The lowest BCUT2D eigenvalue weighted by Gasteiger charge is -2.10. The van der Waals surface area contributed by atoms with Gasteiger partial charge in [-0.25, -0.2) is 9.37 Å². The minimum absolute atomic E-state index is 0.282. The van der Waals surface area contributed by atoms with Crippen molar-refractivity contribution in [3.8, 4) is 0 Å². The summed E-state index contributed by atoms with van der Waals surface area (Å²) in [5.74, 6) is 0.718. The molecule has 3 rings (SSSR count). The second-order valence-corrected chi connectivity index (χ2v) is 5.11. The predicted octanol–water partition coefficient (Wildman–Crippen LogP) is 3.92. The van der Waals surface area contributed by atoms with Crippen LogP contribution in [0.4, 0.5) is 4.39 Å². The van der Waals surface area contributed by atoms with E-state index in [1.807, 2.05) is 10.6 Å². The van der Waals surface area contributed by atoms with Gasteiger partial charge >= 0.3 is 0 Å². The summed E-state index contributed by atoms with van der Waals surface area (Å²) in [6.45, 7) is 2.69. The topological polar surface area (TPSA) is 30.7 Å². The highest BCUT2D eigenvalue weighted by Gasteiger charge is 2.13. The van der Waals surface area contributed by atoms with E-state index in [4.69, 9.17) is 11.6 Å². The fraction of sp³-hybridized carbons (Fsp3) is 0.250. The van der Waals surface area contributed by atoms with Crippen LogP contribution in [0.5, 0.6) is 0 Å². The lowest BCUT2D eigenvalue weighted by molar-refractivity contribution is 0.629. The van der Waals surface area contributed by atoms with Crippen LogP contribution in [0, 0.1) is 5.82 Å². The number of fused-ring (bicyclic) bond motifs is 1. The molecule has 0 radical (unpaired) electrons. The molecule has 0 aliphatic rings. The second kappa shape index (κ2) is 5.82. The summed E-state index contributed by atoms with van der Waals surface area (Å²) in [5.41, 5.74) is 3.69. The number of hydrogen-bond donors (Lipinski definition) is 0. The minimum Gasteiger partial charge on any atom is -0.321 e. The largest absolute Gasteiger partial charge is 0.321 e. The standard InChI is InChI=1S/C16H15ClFN3/c1-2-11-4-3-7-19-14(11)10-21-15-6-5-12(18)8-13(15)20-16(21)9-17/h3-8H,2,9-10H2,1H3. The van der Waals surface area contributed by atoms with Gasteiger partial charge < -0.3 is 4.57 Å². The Balaban J connectivity index is 2.11. The van der Waals surface area contributed by atoms with E-state index in [1.165, 1.54) is 17.7 Å². The summed E-state index contributed by atoms with van der Waals surface area (Å²) >= 11 is 5.99. The predicted molar refractivity (Wildman–Crippen MR) is 82.0 cm³/mol. The first kappa shape index (κ1) is 14.0. The molecule has 0 aliphatic carbocycles. The first-order chi connectivity index (χ1) is 10.2. The van der Waals surface area contributed by atoms with E-state index in [0.717, 1.165) is 23.5 Å². The van der Waals surface area contributed by atoms with Crippen molar-refractivity contribution in [2.24, 2.45) is 0 Å². The monoisotopic (exact) mass is 303 g/mol. The first-order valence-electron chi connectivity index (χ1n) is 6.86. The smallest absolute Gasteiger partial charge is 0.125 e. The average molecular weight is 304 g/mol. The third-order valence-electron chi connectivity index (χ3n) is 3.58. The SMILES string of the molecule is CCc1cccnc1Cn1c(CCl)nc2cc(F)ccc21. The molecule has 3 aromatic rings. The third kappa shape index (κ3) is 2.63. The lowest BCUT2D eigenvalue weighted by atomic mass is 10.1. The zero-order valence-corrected chi connectivity index (χ0v) is 12.4. The van der Waals surface area contributed by atoms with Crippen LogP contribution >= 0.6 is 11.6 Å². The Bertz CT molecular complexity index is 782. The second-order valence-electron chi connectivity index (χ2n) is 4.84. The Morgan fingerprint density at radius 3 is 2.90 bits per heavy atom. The van der Waals surface area contributed by atoms with Crippen LogP contribution in [-0.4, -0.2) is 14.5 Å². The maximum Gasteiger partial charge on any atom is 0.125 e. The number of aromatic nitrogens is 3. The fourth-order valence-electron chi connectivity index (χ4n) is 2.52. The van der Waals surface area contributed by atoms with Crippen molar-refractivity contribution >= 4 is 22.6 Å². The molecular weight excluding hydrogens is 289 g/mol. The van der Waals surface area contributed by atoms with Crippen molar-refractivity contribution in [3.63, 3.8) is 0 Å². The molecular formula is C16H15ClFN3. The number of halogens is 2. The van der Waals surface area contributed by atoms with E-state index >= 15 is 0 Å². The van der Waals surface area contributed by atoms with Gasteiger partial charge in [-0.05, 0) is 30.2 Å². The third-order valence-corrected chi connectivity index (χ3v) is 3.82. The van der Waals surface area contributed by atoms with Crippen molar-refractivity contribution in [1.29, 1.82) is 0 Å². The summed E-state index contributed by atoms with van der Waals surface area (Å²) in [7, 11) is 0. The van der Waals surface area contributed by atoms with Gasteiger partial charge in [0, 0.05) is 12.3 Å². The Morgan fingerprint density at radius 2 is 2.14 bits per heavy atom. The van der Waals surface area contributed by atoms with E-state index < -0.39 is 0 Å². The average Bonchev–Trinajstić information content (AvgIpc) is 2.84. The van der Waals surface area contributed by atoms with Crippen LogP contribution in [0.3, 0.4) is 0 Å². The number of imidazole rings is 1. The molecule has 3 nitrogen and oxygen atoms in total. The molecule has 0 bridgehead atoms. The van der Waals surface area contributed by atoms with Crippen LogP contribution in [0.15, 0.2) is 36.5 Å². The Labute approximate surface area is 127 Å². The molecule has 0 atom stereocenters. The quantitative estimate of drug-likeness (QED) is 0.684. The van der Waals surface area contributed by atoms with E-state index in [-0.39, 0.29) is 11.7 Å². The zero-order chi connectivity index (χ0) is 14.8. The van der Waals surface area contributed by atoms with Gasteiger partial charge in [0.25, 0.3) is 0 Å². The normalized spacial score (nSPS) is 11.2. The van der Waals surface area contributed by atoms with Gasteiger partial charge in [-0.2, -0.15) is 0 Å². The van der Waals surface area contributed by atoms with Crippen LogP contribution in [0.1, 0.15) is 24.0 Å². The molecule has 0 saturated carbocycles. The molecule has 2 heterocycles. The van der Waals surface area contributed by atoms with E-state index in [1.54, 1.807) is 12.3 Å². The molecule has 0 spiro atoms. The highest BCUT2D eigenvalue weighted by Crippen LogP contribution is 2.21. The summed E-state index contributed by atoms with van der Waals surface area (Å²) in [6.07, 6.45) is 2.70. The van der Waals surface area contributed by atoms with E-state index in [9.17, 15) is 4.39 Å². The zero-order valence-electron chi connectivity index (χ0n) is 11.7. The molecule has 0 fully saturated rings. The van der Waals surface area contributed by atoms with E-state index in [2.05, 4.69) is 23.0 Å².